The lowest BCUT2D eigenvalue weighted by molar-refractivity contribution is 0.0757. The summed E-state index contributed by atoms with van der Waals surface area (Å²) in [6.07, 6.45) is 5.21. The highest BCUT2D eigenvalue weighted by molar-refractivity contribution is 5.95. The van der Waals surface area contributed by atoms with Gasteiger partial charge in [-0.15, -0.1) is 0 Å². The summed E-state index contributed by atoms with van der Waals surface area (Å²) in [7, 11) is 5.28. The van der Waals surface area contributed by atoms with Gasteiger partial charge in [-0.1, -0.05) is 23.8 Å². The van der Waals surface area contributed by atoms with E-state index >= 15 is 0 Å². The minimum Gasteiger partial charge on any atom is -0.493 e. The van der Waals surface area contributed by atoms with Crippen molar-refractivity contribution < 1.29 is 18.7 Å². The van der Waals surface area contributed by atoms with Crippen molar-refractivity contribution in [2.24, 2.45) is 0 Å². The second-order valence-electron chi connectivity index (χ2n) is 8.41. The zero-order valence-corrected chi connectivity index (χ0v) is 19.4. The molecule has 172 valence electrons. The van der Waals surface area contributed by atoms with Crippen LogP contribution in [0, 0.1) is 5.82 Å². The number of halogens is 1. The third-order valence-electron chi connectivity index (χ3n) is 6.02. The third-order valence-corrected chi connectivity index (χ3v) is 6.02. The first-order valence-electron chi connectivity index (χ1n) is 11.1. The van der Waals surface area contributed by atoms with Crippen molar-refractivity contribution in [1.29, 1.82) is 0 Å². The van der Waals surface area contributed by atoms with Gasteiger partial charge in [0, 0.05) is 24.7 Å². The maximum absolute atomic E-state index is 13.6. The van der Waals surface area contributed by atoms with Crippen molar-refractivity contribution in [3.8, 4) is 11.5 Å². The SMILES string of the molecule is COc1ccc(C(=O)N(CCC2CCCN2C)C/C(C)=C/c2cccc(F)c2)cc1OC. The van der Waals surface area contributed by atoms with E-state index in [1.54, 1.807) is 38.5 Å². The van der Waals surface area contributed by atoms with Gasteiger partial charge in [0.05, 0.1) is 14.2 Å². The Kier molecular flexibility index (Phi) is 8.28. The fourth-order valence-electron chi connectivity index (χ4n) is 4.28. The first-order valence-corrected chi connectivity index (χ1v) is 11.1. The number of carbonyl (C=O) groups is 1. The van der Waals surface area contributed by atoms with Gasteiger partial charge in [0.2, 0.25) is 0 Å². The number of ether oxygens (including phenoxy) is 2. The maximum atomic E-state index is 13.6. The second kappa shape index (κ2) is 11.1. The Bertz CT molecular complexity index is 960. The Hall–Kier alpha value is -2.86. The van der Waals surface area contributed by atoms with E-state index in [4.69, 9.17) is 9.47 Å². The van der Waals surface area contributed by atoms with Gasteiger partial charge in [0.25, 0.3) is 5.91 Å². The minimum atomic E-state index is -0.269. The topological polar surface area (TPSA) is 42.0 Å². The van der Waals surface area contributed by atoms with Gasteiger partial charge < -0.3 is 19.3 Å². The van der Waals surface area contributed by atoms with Crippen LogP contribution >= 0.6 is 0 Å². The fraction of sp³-hybridized carbons (Fsp3) is 0.423. The standard InChI is InChI=1S/C26H33FN2O3/c1-19(15-20-7-5-8-22(27)16-20)18-29(14-12-23-9-6-13-28(23)2)26(30)21-10-11-24(31-3)25(17-21)32-4/h5,7-8,10-11,15-17,23H,6,9,12-14,18H2,1-4H3/b19-15+. The van der Waals surface area contributed by atoms with Crippen molar-refractivity contribution >= 4 is 12.0 Å². The van der Waals surface area contributed by atoms with Crippen LogP contribution < -0.4 is 9.47 Å². The zero-order valence-electron chi connectivity index (χ0n) is 19.4. The minimum absolute atomic E-state index is 0.0569. The molecule has 0 bridgehead atoms. The van der Waals surface area contributed by atoms with Crippen LogP contribution in [0.1, 0.15) is 42.1 Å². The monoisotopic (exact) mass is 440 g/mol. The van der Waals surface area contributed by atoms with Gasteiger partial charge in [-0.3, -0.25) is 4.79 Å². The maximum Gasteiger partial charge on any atom is 0.254 e. The third kappa shape index (κ3) is 6.10. The van der Waals surface area contributed by atoms with E-state index in [9.17, 15) is 9.18 Å². The number of hydrogen-bond acceptors (Lipinski definition) is 4. The molecule has 1 aliphatic rings. The molecule has 2 aromatic rings. The summed E-state index contributed by atoms with van der Waals surface area (Å²) in [6, 6.07) is 12.2. The number of benzene rings is 2. The van der Waals surface area contributed by atoms with Gasteiger partial charge in [-0.25, -0.2) is 4.39 Å². The molecule has 1 atom stereocenters. The molecule has 0 radical (unpaired) electrons. The zero-order chi connectivity index (χ0) is 23.1. The summed E-state index contributed by atoms with van der Waals surface area (Å²) in [5, 5.41) is 0. The summed E-state index contributed by atoms with van der Waals surface area (Å²) >= 11 is 0. The van der Waals surface area contributed by atoms with Gasteiger partial charge >= 0.3 is 0 Å². The molecule has 0 aliphatic carbocycles. The first-order chi connectivity index (χ1) is 15.4. The summed E-state index contributed by atoms with van der Waals surface area (Å²) in [5.74, 6) is 0.791. The fourth-order valence-corrected chi connectivity index (χ4v) is 4.28. The van der Waals surface area contributed by atoms with E-state index in [1.165, 1.54) is 18.6 Å². The average molecular weight is 441 g/mol. The number of carbonyl (C=O) groups excluding carboxylic acids is 1. The molecule has 2 aromatic carbocycles. The van der Waals surface area contributed by atoms with Crippen molar-refractivity contribution in [3.05, 3.63) is 65.0 Å². The number of likely N-dealkylation sites (tertiary alicyclic amines) is 1. The predicted molar refractivity (Wildman–Crippen MR) is 126 cm³/mol. The Labute approximate surface area is 190 Å². The smallest absolute Gasteiger partial charge is 0.254 e. The van der Waals surface area contributed by atoms with E-state index in [2.05, 4.69) is 11.9 Å². The normalized spacial score (nSPS) is 16.8. The van der Waals surface area contributed by atoms with Crippen molar-refractivity contribution in [1.82, 2.24) is 9.80 Å². The lowest BCUT2D eigenvalue weighted by atomic mass is 10.1. The number of hydrogen-bond donors (Lipinski definition) is 0. The van der Waals surface area contributed by atoms with E-state index < -0.39 is 0 Å². The molecule has 3 rings (SSSR count). The van der Waals surface area contributed by atoms with Gasteiger partial charge in [-0.2, -0.15) is 0 Å². The Morgan fingerprint density at radius 1 is 1.19 bits per heavy atom. The van der Waals surface area contributed by atoms with Crippen LogP contribution in [0.25, 0.3) is 6.08 Å². The molecule has 1 aliphatic heterocycles. The molecular formula is C26H33FN2O3. The van der Waals surface area contributed by atoms with Crippen LogP contribution in [0.4, 0.5) is 4.39 Å². The molecule has 0 spiro atoms. The predicted octanol–water partition coefficient (Wildman–Crippen LogP) is 4.87. The van der Waals surface area contributed by atoms with Crippen molar-refractivity contribution in [2.75, 3.05) is 40.9 Å². The van der Waals surface area contributed by atoms with Crippen LogP contribution in [-0.4, -0.2) is 62.7 Å². The van der Waals surface area contributed by atoms with E-state index in [0.29, 0.717) is 36.2 Å². The molecule has 0 N–H and O–H groups in total. The van der Waals surface area contributed by atoms with Gasteiger partial charge in [-0.05, 0) is 75.7 Å². The highest BCUT2D eigenvalue weighted by Crippen LogP contribution is 2.28. The number of amides is 1. The lowest BCUT2D eigenvalue weighted by Gasteiger charge is -2.27. The van der Waals surface area contributed by atoms with E-state index in [-0.39, 0.29) is 11.7 Å². The Balaban J connectivity index is 1.81. The molecule has 6 heteroatoms. The molecule has 0 aromatic heterocycles. The van der Waals surface area contributed by atoms with Crippen LogP contribution in [0.5, 0.6) is 11.5 Å². The molecule has 5 nitrogen and oxygen atoms in total. The number of nitrogens with zero attached hydrogens (tertiary/aromatic N) is 2. The average Bonchev–Trinajstić information content (AvgIpc) is 3.20. The quantitative estimate of drug-likeness (QED) is 0.558. The molecule has 1 saturated heterocycles. The summed E-state index contributed by atoms with van der Waals surface area (Å²) < 4.78 is 24.3. The van der Waals surface area contributed by atoms with Crippen molar-refractivity contribution in [3.63, 3.8) is 0 Å². The Morgan fingerprint density at radius 2 is 1.97 bits per heavy atom. The van der Waals surface area contributed by atoms with Gasteiger partial charge in [0.1, 0.15) is 5.82 Å². The van der Waals surface area contributed by atoms with E-state index in [0.717, 1.165) is 30.5 Å². The number of methoxy groups -OCH3 is 2. The molecule has 1 amide bonds. The molecule has 1 unspecified atom stereocenters. The largest absolute Gasteiger partial charge is 0.493 e. The molecule has 1 heterocycles. The van der Waals surface area contributed by atoms with Crippen LogP contribution in [0.3, 0.4) is 0 Å². The van der Waals surface area contributed by atoms with Crippen LogP contribution in [-0.2, 0) is 0 Å². The van der Waals surface area contributed by atoms with Gasteiger partial charge in [0.15, 0.2) is 11.5 Å². The van der Waals surface area contributed by atoms with Crippen LogP contribution in [0.15, 0.2) is 48.0 Å². The second-order valence-corrected chi connectivity index (χ2v) is 8.41. The highest BCUT2D eigenvalue weighted by atomic mass is 19.1. The molecule has 32 heavy (non-hydrogen) atoms. The summed E-state index contributed by atoms with van der Waals surface area (Å²) in [6.45, 7) is 4.20. The van der Waals surface area contributed by atoms with E-state index in [1.807, 2.05) is 24.0 Å². The number of rotatable bonds is 9. The molecule has 0 saturated carbocycles. The van der Waals surface area contributed by atoms with Crippen molar-refractivity contribution in [2.45, 2.75) is 32.2 Å². The Morgan fingerprint density at radius 3 is 2.62 bits per heavy atom. The highest BCUT2D eigenvalue weighted by Gasteiger charge is 2.24. The summed E-state index contributed by atoms with van der Waals surface area (Å²) in [5.41, 5.74) is 2.33. The first kappa shape index (κ1) is 23.8. The molecule has 1 fully saturated rings. The lowest BCUT2D eigenvalue weighted by Crippen LogP contribution is -2.37. The molecular weight excluding hydrogens is 407 g/mol. The summed E-state index contributed by atoms with van der Waals surface area (Å²) in [4.78, 5) is 17.7. The van der Waals surface area contributed by atoms with Crippen LogP contribution in [0.2, 0.25) is 0 Å².